The SMILES string of the molecule is CC(C)(C)OC(=O)CN(Cc1ccc(C#N)cc1)C(=O)OC(C)(C)C. The van der Waals surface area contributed by atoms with Gasteiger partial charge in [-0.25, -0.2) is 4.79 Å². The van der Waals surface area contributed by atoms with Crippen molar-refractivity contribution in [3.63, 3.8) is 0 Å². The van der Waals surface area contributed by atoms with E-state index in [1.807, 2.05) is 6.07 Å². The molecule has 0 heterocycles. The van der Waals surface area contributed by atoms with Crippen LogP contribution in [0.25, 0.3) is 0 Å². The van der Waals surface area contributed by atoms with Crippen LogP contribution in [0, 0.1) is 11.3 Å². The van der Waals surface area contributed by atoms with Crippen molar-refractivity contribution in [2.24, 2.45) is 0 Å². The Morgan fingerprint density at radius 1 is 1.00 bits per heavy atom. The van der Waals surface area contributed by atoms with Crippen molar-refractivity contribution >= 4 is 12.1 Å². The molecule has 0 radical (unpaired) electrons. The Morgan fingerprint density at radius 2 is 1.52 bits per heavy atom. The summed E-state index contributed by atoms with van der Waals surface area (Å²) in [6.45, 7) is 10.6. The molecule has 25 heavy (non-hydrogen) atoms. The Hall–Kier alpha value is -2.55. The van der Waals surface area contributed by atoms with Gasteiger partial charge in [-0.3, -0.25) is 9.69 Å². The highest BCUT2D eigenvalue weighted by Gasteiger charge is 2.26. The smallest absolute Gasteiger partial charge is 0.411 e. The van der Waals surface area contributed by atoms with E-state index in [0.29, 0.717) is 5.56 Å². The van der Waals surface area contributed by atoms with E-state index in [0.717, 1.165) is 5.56 Å². The van der Waals surface area contributed by atoms with Crippen LogP contribution in [-0.2, 0) is 20.8 Å². The summed E-state index contributed by atoms with van der Waals surface area (Å²) < 4.78 is 10.7. The van der Waals surface area contributed by atoms with Crippen molar-refractivity contribution in [3.8, 4) is 6.07 Å². The second kappa shape index (κ2) is 8.02. The van der Waals surface area contributed by atoms with Crippen molar-refractivity contribution in [1.82, 2.24) is 4.90 Å². The lowest BCUT2D eigenvalue weighted by molar-refractivity contribution is -0.156. The number of carbonyl (C=O) groups excluding carboxylic acids is 2. The van der Waals surface area contributed by atoms with E-state index < -0.39 is 23.3 Å². The maximum absolute atomic E-state index is 12.4. The standard InChI is InChI=1S/C19H26N2O4/c1-18(2,3)24-16(22)13-21(17(23)25-19(4,5)6)12-15-9-7-14(11-20)8-10-15/h7-10H,12-13H2,1-6H3. The largest absolute Gasteiger partial charge is 0.459 e. The molecule has 0 aliphatic carbocycles. The van der Waals surface area contributed by atoms with E-state index in [2.05, 4.69) is 0 Å². The summed E-state index contributed by atoms with van der Waals surface area (Å²) in [6.07, 6.45) is -0.595. The van der Waals surface area contributed by atoms with Crippen molar-refractivity contribution in [2.75, 3.05) is 6.54 Å². The molecule has 0 saturated carbocycles. The maximum Gasteiger partial charge on any atom is 0.411 e. The quantitative estimate of drug-likeness (QED) is 0.778. The molecule has 0 bridgehead atoms. The number of hydrogen-bond acceptors (Lipinski definition) is 5. The molecule has 0 fully saturated rings. The summed E-state index contributed by atoms with van der Waals surface area (Å²) >= 11 is 0. The van der Waals surface area contributed by atoms with Crippen LogP contribution < -0.4 is 0 Å². The minimum absolute atomic E-state index is 0.180. The first kappa shape index (κ1) is 20.5. The third-order valence-corrected chi connectivity index (χ3v) is 2.85. The lowest BCUT2D eigenvalue weighted by Gasteiger charge is -2.28. The molecule has 0 aliphatic rings. The molecule has 1 rings (SSSR count). The van der Waals surface area contributed by atoms with E-state index in [1.54, 1.807) is 65.8 Å². The Bertz CT molecular complexity index is 646. The zero-order valence-corrected chi connectivity index (χ0v) is 15.8. The topological polar surface area (TPSA) is 79.6 Å². The van der Waals surface area contributed by atoms with E-state index in [4.69, 9.17) is 14.7 Å². The van der Waals surface area contributed by atoms with Gasteiger partial charge in [-0.05, 0) is 59.2 Å². The van der Waals surface area contributed by atoms with Crippen LogP contribution in [0.2, 0.25) is 0 Å². The minimum Gasteiger partial charge on any atom is -0.459 e. The molecule has 6 nitrogen and oxygen atoms in total. The van der Waals surface area contributed by atoms with Gasteiger partial charge in [0.05, 0.1) is 11.6 Å². The number of amides is 1. The summed E-state index contributed by atoms with van der Waals surface area (Å²) in [5.41, 5.74) is 0.00659. The number of rotatable bonds is 4. The molecule has 0 aliphatic heterocycles. The predicted molar refractivity (Wildman–Crippen MR) is 93.6 cm³/mol. The fourth-order valence-corrected chi connectivity index (χ4v) is 1.95. The van der Waals surface area contributed by atoms with Crippen LogP contribution in [0.15, 0.2) is 24.3 Å². The number of nitriles is 1. The van der Waals surface area contributed by atoms with Gasteiger partial charge in [-0.15, -0.1) is 0 Å². The van der Waals surface area contributed by atoms with Gasteiger partial charge in [-0.1, -0.05) is 12.1 Å². The van der Waals surface area contributed by atoms with E-state index in [9.17, 15) is 9.59 Å². The van der Waals surface area contributed by atoms with Gasteiger partial charge in [0.15, 0.2) is 0 Å². The van der Waals surface area contributed by atoms with E-state index in [1.165, 1.54) is 4.90 Å². The Kier molecular flexibility index (Phi) is 6.57. The molecule has 136 valence electrons. The van der Waals surface area contributed by atoms with Crippen LogP contribution in [0.5, 0.6) is 0 Å². The van der Waals surface area contributed by atoms with Crippen molar-refractivity contribution in [2.45, 2.75) is 59.3 Å². The molecule has 0 aromatic heterocycles. The monoisotopic (exact) mass is 346 g/mol. The molecule has 0 unspecified atom stereocenters. The molecule has 1 amide bonds. The lowest BCUT2D eigenvalue weighted by Crippen LogP contribution is -2.41. The number of nitrogens with zero attached hydrogens (tertiary/aromatic N) is 2. The molecule has 0 atom stereocenters. The zero-order chi connectivity index (χ0) is 19.3. The first-order valence-electron chi connectivity index (χ1n) is 8.08. The number of benzene rings is 1. The molecular weight excluding hydrogens is 320 g/mol. The Balaban J connectivity index is 2.91. The second-order valence-electron chi connectivity index (χ2n) is 7.73. The van der Waals surface area contributed by atoms with Gasteiger partial charge in [0.2, 0.25) is 0 Å². The van der Waals surface area contributed by atoms with Crippen LogP contribution in [0.1, 0.15) is 52.7 Å². The Morgan fingerprint density at radius 3 is 1.96 bits per heavy atom. The van der Waals surface area contributed by atoms with Gasteiger partial charge in [0.1, 0.15) is 17.7 Å². The fourth-order valence-electron chi connectivity index (χ4n) is 1.95. The molecular formula is C19H26N2O4. The minimum atomic E-state index is -0.673. The molecule has 1 aromatic rings. The molecule has 1 aromatic carbocycles. The highest BCUT2D eigenvalue weighted by Crippen LogP contribution is 2.15. The van der Waals surface area contributed by atoms with Crippen molar-refractivity contribution in [1.29, 1.82) is 5.26 Å². The van der Waals surface area contributed by atoms with Gasteiger partial charge in [-0.2, -0.15) is 5.26 Å². The Labute approximate surface area is 149 Å². The average Bonchev–Trinajstić information content (AvgIpc) is 2.43. The van der Waals surface area contributed by atoms with Crippen molar-refractivity contribution in [3.05, 3.63) is 35.4 Å². The fraction of sp³-hybridized carbons (Fsp3) is 0.526. The average molecular weight is 346 g/mol. The highest BCUT2D eigenvalue weighted by molar-refractivity contribution is 5.78. The zero-order valence-electron chi connectivity index (χ0n) is 15.8. The van der Waals surface area contributed by atoms with Crippen LogP contribution in [0.3, 0.4) is 0 Å². The summed E-state index contributed by atoms with van der Waals surface area (Å²) in [5, 5.41) is 8.86. The van der Waals surface area contributed by atoms with Crippen molar-refractivity contribution < 1.29 is 19.1 Å². The number of ether oxygens (including phenoxy) is 2. The van der Waals surface area contributed by atoms with Crippen LogP contribution >= 0.6 is 0 Å². The van der Waals surface area contributed by atoms with Crippen LogP contribution in [0.4, 0.5) is 4.79 Å². The molecule has 6 heteroatoms. The molecule has 0 saturated heterocycles. The first-order chi connectivity index (χ1) is 11.4. The number of esters is 1. The summed E-state index contributed by atoms with van der Waals surface area (Å²) in [6, 6.07) is 8.85. The normalized spacial score (nSPS) is 11.4. The predicted octanol–water partition coefficient (Wildman–Crippen LogP) is 3.64. The van der Waals surface area contributed by atoms with Gasteiger partial charge < -0.3 is 9.47 Å². The summed E-state index contributed by atoms with van der Waals surface area (Å²) in [5.74, 6) is -0.507. The third kappa shape index (κ3) is 8.20. The maximum atomic E-state index is 12.4. The van der Waals surface area contributed by atoms with E-state index >= 15 is 0 Å². The van der Waals surface area contributed by atoms with Gasteiger partial charge in [0.25, 0.3) is 0 Å². The lowest BCUT2D eigenvalue weighted by atomic mass is 10.1. The number of carbonyl (C=O) groups is 2. The number of hydrogen-bond donors (Lipinski definition) is 0. The first-order valence-corrected chi connectivity index (χ1v) is 8.08. The molecule has 0 spiro atoms. The second-order valence-corrected chi connectivity index (χ2v) is 7.73. The van der Waals surface area contributed by atoms with E-state index in [-0.39, 0.29) is 13.1 Å². The van der Waals surface area contributed by atoms with Gasteiger partial charge >= 0.3 is 12.1 Å². The highest BCUT2D eigenvalue weighted by atomic mass is 16.6. The molecule has 0 N–H and O–H groups in total. The summed E-state index contributed by atoms with van der Waals surface area (Å²) in [4.78, 5) is 25.8. The van der Waals surface area contributed by atoms with Crippen LogP contribution in [-0.4, -0.2) is 34.7 Å². The third-order valence-electron chi connectivity index (χ3n) is 2.85. The summed E-state index contributed by atoms with van der Waals surface area (Å²) in [7, 11) is 0. The van der Waals surface area contributed by atoms with Gasteiger partial charge in [0, 0.05) is 6.54 Å².